The summed E-state index contributed by atoms with van der Waals surface area (Å²) >= 11 is 0. The molecule has 6 heteroatoms. The normalized spacial score (nSPS) is 10.1. The quantitative estimate of drug-likeness (QED) is 0.543. The Morgan fingerprint density at radius 2 is 2.11 bits per heavy atom. The monoisotopic (exact) mass is 244 g/mol. The first-order valence-corrected chi connectivity index (χ1v) is 5.78. The van der Waals surface area contributed by atoms with Gasteiger partial charge in [0.2, 0.25) is 0 Å². The minimum absolute atomic E-state index is 0.525. The molecule has 0 saturated carbocycles. The molecule has 0 atom stereocenters. The lowest BCUT2D eigenvalue weighted by Crippen LogP contribution is -2.11. The molecule has 18 heavy (non-hydrogen) atoms. The Morgan fingerprint density at radius 3 is 2.89 bits per heavy atom. The standard InChI is InChI=1S/C12H16N6/c1-2-9-4-3-5-15-10(9)6-16-11-7-14-8-12(17-11)18-13/h3-5,7-8H,2,6,13H2,1H3,(H2,16,17,18). The molecule has 0 aromatic carbocycles. The molecule has 0 amide bonds. The van der Waals surface area contributed by atoms with Gasteiger partial charge in [-0.25, -0.2) is 10.8 Å². The van der Waals surface area contributed by atoms with Gasteiger partial charge in [0.15, 0.2) is 5.82 Å². The Bertz CT molecular complexity index is 513. The van der Waals surface area contributed by atoms with Crippen LogP contribution >= 0.6 is 0 Å². The third kappa shape index (κ3) is 2.92. The van der Waals surface area contributed by atoms with E-state index in [1.165, 1.54) is 5.56 Å². The number of aryl methyl sites for hydroxylation is 1. The number of hydrogen-bond acceptors (Lipinski definition) is 6. The maximum Gasteiger partial charge on any atom is 0.160 e. The van der Waals surface area contributed by atoms with E-state index in [4.69, 9.17) is 5.84 Å². The van der Waals surface area contributed by atoms with E-state index in [1.807, 2.05) is 6.07 Å². The molecule has 0 aliphatic carbocycles. The smallest absolute Gasteiger partial charge is 0.160 e. The van der Waals surface area contributed by atoms with Crippen LogP contribution in [0.2, 0.25) is 0 Å². The number of nitrogen functional groups attached to an aromatic ring is 1. The first-order chi connectivity index (χ1) is 8.83. The van der Waals surface area contributed by atoms with Gasteiger partial charge in [0.1, 0.15) is 5.82 Å². The zero-order chi connectivity index (χ0) is 12.8. The van der Waals surface area contributed by atoms with Gasteiger partial charge >= 0.3 is 0 Å². The van der Waals surface area contributed by atoms with Gasteiger partial charge in [0.25, 0.3) is 0 Å². The second-order valence-electron chi connectivity index (χ2n) is 3.75. The SMILES string of the molecule is CCc1cccnc1CNc1cncc(NN)n1. The lowest BCUT2D eigenvalue weighted by molar-refractivity contribution is 0.961. The second kappa shape index (κ2) is 5.92. The van der Waals surface area contributed by atoms with Gasteiger partial charge in [-0.3, -0.25) is 9.97 Å². The molecule has 2 rings (SSSR count). The molecule has 0 bridgehead atoms. The Balaban J connectivity index is 2.06. The number of nitrogens with one attached hydrogen (secondary N) is 2. The van der Waals surface area contributed by atoms with Crippen molar-refractivity contribution in [3.05, 3.63) is 42.0 Å². The van der Waals surface area contributed by atoms with Crippen LogP contribution in [-0.4, -0.2) is 15.0 Å². The van der Waals surface area contributed by atoms with Crippen LogP contribution in [0.25, 0.3) is 0 Å². The van der Waals surface area contributed by atoms with Crippen molar-refractivity contribution in [2.45, 2.75) is 19.9 Å². The molecule has 0 aliphatic rings. The molecule has 0 spiro atoms. The van der Waals surface area contributed by atoms with Gasteiger partial charge < -0.3 is 10.7 Å². The molecule has 0 radical (unpaired) electrons. The molecular weight excluding hydrogens is 228 g/mol. The number of hydrogen-bond donors (Lipinski definition) is 3. The van der Waals surface area contributed by atoms with Crippen LogP contribution in [0.4, 0.5) is 11.6 Å². The fourth-order valence-electron chi connectivity index (χ4n) is 1.65. The van der Waals surface area contributed by atoms with E-state index in [-0.39, 0.29) is 0 Å². The summed E-state index contributed by atoms with van der Waals surface area (Å²) < 4.78 is 0. The summed E-state index contributed by atoms with van der Waals surface area (Å²) in [7, 11) is 0. The average molecular weight is 244 g/mol. The highest BCUT2D eigenvalue weighted by Gasteiger charge is 2.02. The van der Waals surface area contributed by atoms with Crippen LogP contribution < -0.4 is 16.6 Å². The average Bonchev–Trinajstić information content (AvgIpc) is 2.45. The van der Waals surface area contributed by atoms with Crippen LogP contribution in [-0.2, 0) is 13.0 Å². The van der Waals surface area contributed by atoms with E-state index in [1.54, 1.807) is 18.6 Å². The second-order valence-corrected chi connectivity index (χ2v) is 3.75. The summed E-state index contributed by atoms with van der Waals surface area (Å²) in [5.41, 5.74) is 4.71. The number of rotatable bonds is 5. The fourth-order valence-corrected chi connectivity index (χ4v) is 1.65. The van der Waals surface area contributed by atoms with Crippen molar-refractivity contribution >= 4 is 11.6 Å². The zero-order valence-electron chi connectivity index (χ0n) is 10.2. The molecule has 94 valence electrons. The van der Waals surface area contributed by atoms with Crippen molar-refractivity contribution in [3.8, 4) is 0 Å². The van der Waals surface area contributed by atoms with Crippen molar-refractivity contribution in [1.29, 1.82) is 0 Å². The summed E-state index contributed by atoms with van der Waals surface area (Å²) in [6, 6.07) is 4.02. The topological polar surface area (TPSA) is 88.8 Å². The molecule has 0 aliphatic heterocycles. The van der Waals surface area contributed by atoms with E-state index in [2.05, 4.69) is 38.7 Å². The lowest BCUT2D eigenvalue weighted by atomic mass is 10.1. The maximum atomic E-state index is 5.28. The number of nitrogens with zero attached hydrogens (tertiary/aromatic N) is 3. The third-order valence-electron chi connectivity index (χ3n) is 2.58. The predicted molar refractivity (Wildman–Crippen MR) is 70.8 cm³/mol. The number of pyridine rings is 1. The number of nitrogens with two attached hydrogens (primary N) is 1. The van der Waals surface area contributed by atoms with E-state index in [0.29, 0.717) is 18.2 Å². The number of aromatic nitrogens is 3. The number of anilines is 2. The van der Waals surface area contributed by atoms with Crippen LogP contribution in [0.1, 0.15) is 18.2 Å². The van der Waals surface area contributed by atoms with Gasteiger partial charge in [-0.1, -0.05) is 13.0 Å². The van der Waals surface area contributed by atoms with Crippen LogP contribution in [0.5, 0.6) is 0 Å². The van der Waals surface area contributed by atoms with Crippen LogP contribution in [0.15, 0.2) is 30.7 Å². The Morgan fingerprint density at radius 1 is 1.28 bits per heavy atom. The third-order valence-corrected chi connectivity index (χ3v) is 2.58. The molecule has 4 N–H and O–H groups in total. The Labute approximate surface area is 106 Å². The molecule has 0 fully saturated rings. The van der Waals surface area contributed by atoms with E-state index in [0.717, 1.165) is 12.1 Å². The highest BCUT2D eigenvalue weighted by atomic mass is 15.3. The molecule has 2 aromatic heterocycles. The molecular formula is C12H16N6. The first kappa shape index (κ1) is 12.3. The first-order valence-electron chi connectivity index (χ1n) is 5.78. The van der Waals surface area contributed by atoms with Gasteiger partial charge in [-0.2, -0.15) is 0 Å². The van der Waals surface area contributed by atoms with Crippen molar-refractivity contribution in [2.24, 2.45) is 5.84 Å². The number of hydrazine groups is 1. The molecule has 2 aromatic rings. The van der Waals surface area contributed by atoms with Crippen LogP contribution in [0, 0.1) is 0 Å². The van der Waals surface area contributed by atoms with Gasteiger partial charge in [0, 0.05) is 6.20 Å². The minimum atomic E-state index is 0.525. The summed E-state index contributed by atoms with van der Waals surface area (Å²) in [4.78, 5) is 12.6. The predicted octanol–water partition coefficient (Wildman–Crippen LogP) is 1.33. The highest BCUT2D eigenvalue weighted by Crippen LogP contribution is 2.10. The van der Waals surface area contributed by atoms with Crippen LogP contribution in [0.3, 0.4) is 0 Å². The van der Waals surface area contributed by atoms with Gasteiger partial charge in [-0.05, 0) is 18.1 Å². The molecule has 2 heterocycles. The Hall–Kier alpha value is -2.21. The van der Waals surface area contributed by atoms with E-state index < -0.39 is 0 Å². The van der Waals surface area contributed by atoms with Crippen molar-refractivity contribution < 1.29 is 0 Å². The van der Waals surface area contributed by atoms with E-state index >= 15 is 0 Å². The summed E-state index contributed by atoms with van der Waals surface area (Å²) in [6.45, 7) is 2.73. The minimum Gasteiger partial charge on any atom is -0.363 e. The van der Waals surface area contributed by atoms with Gasteiger partial charge in [-0.15, -0.1) is 0 Å². The Kier molecular flexibility index (Phi) is 4.03. The lowest BCUT2D eigenvalue weighted by Gasteiger charge is -2.09. The largest absolute Gasteiger partial charge is 0.363 e. The maximum absolute atomic E-state index is 5.28. The van der Waals surface area contributed by atoms with Crippen molar-refractivity contribution in [3.63, 3.8) is 0 Å². The van der Waals surface area contributed by atoms with Crippen molar-refractivity contribution in [2.75, 3.05) is 10.7 Å². The molecule has 0 saturated heterocycles. The molecule has 0 unspecified atom stereocenters. The highest BCUT2D eigenvalue weighted by molar-refractivity contribution is 5.41. The summed E-state index contributed by atoms with van der Waals surface area (Å²) in [5, 5.41) is 3.18. The fraction of sp³-hybridized carbons (Fsp3) is 0.250. The molecule has 6 nitrogen and oxygen atoms in total. The zero-order valence-corrected chi connectivity index (χ0v) is 10.2. The van der Waals surface area contributed by atoms with Crippen molar-refractivity contribution in [1.82, 2.24) is 15.0 Å². The summed E-state index contributed by atoms with van der Waals surface area (Å²) in [5.74, 6) is 6.47. The summed E-state index contributed by atoms with van der Waals surface area (Å²) in [6.07, 6.45) is 5.96. The van der Waals surface area contributed by atoms with Gasteiger partial charge in [0.05, 0.1) is 24.6 Å². The van der Waals surface area contributed by atoms with E-state index in [9.17, 15) is 0 Å².